The van der Waals surface area contributed by atoms with Crippen LogP contribution in [0.1, 0.15) is 6.92 Å². The Morgan fingerprint density at radius 2 is 1.39 bits per heavy atom. The van der Waals surface area contributed by atoms with Gasteiger partial charge in [-0.3, -0.25) is 4.55 Å². The Labute approximate surface area is 97.0 Å². The summed E-state index contributed by atoms with van der Waals surface area (Å²) in [6.07, 6.45) is -7.04. The van der Waals surface area contributed by atoms with Crippen LogP contribution in [0.25, 0.3) is 0 Å². The maximum absolute atomic E-state index is 13.5. The number of hydrogen-bond donors (Lipinski definition) is 1. The lowest BCUT2D eigenvalue weighted by atomic mass is 9.87. The molecule has 2 unspecified atom stereocenters. The number of hydrogen-bond acceptors (Lipinski definition) is 2. The van der Waals surface area contributed by atoms with E-state index in [-0.39, 0.29) is 0 Å². The SMILES string of the molecule is C=CC(F)(C(F)(F)F)C(C)(F)C(F)(F)S(=O)(=O)O. The molecule has 0 aliphatic heterocycles. The van der Waals surface area contributed by atoms with E-state index in [9.17, 15) is 39.2 Å². The summed E-state index contributed by atoms with van der Waals surface area (Å²) in [5, 5.41) is -6.03. The van der Waals surface area contributed by atoms with Gasteiger partial charge < -0.3 is 0 Å². The second-order valence-electron chi connectivity index (χ2n) is 3.41. The van der Waals surface area contributed by atoms with Crippen molar-refractivity contribution in [2.75, 3.05) is 0 Å². The molecule has 2 atom stereocenters. The summed E-state index contributed by atoms with van der Waals surface area (Å²) in [5.41, 5.74) is -10.7. The monoisotopic (exact) mass is 304 g/mol. The van der Waals surface area contributed by atoms with Crippen molar-refractivity contribution >= 4 is 10.1 Å². The molecule has 0 spiro atoms. The first-order valence-corrected chi connectivity index (χ1v) is 5.43. The van der Waals surface area contributed by atoms with Crippen molar-refractivity contribution in [2.24, 2.45) is 0 Å². The standard InChI is InChI=1S/C7H7F7O3S/c1-3-5(9,6(10,11)12)4(2,8)7(13,14)18(15,16)17/h3H,1H2,2H3,(H,15,16,17). The molecule has 0 saturated heterocycles. The molecule has 0 aliphatic carbocycles. The smallest absolute Gasteiger partial charge is 0.281 e. The van der Waals surface area contributed by atoms with Gasteiger partial charge in [-0.1, -0.05) is 6.58 Å². The first-order valence-electron chi connectivity index (χ1n) is 3.99. The normalized spacial score (nSPS) is 20.9. The molecule has 108 valence electrons. The van der Waals surface area contributed by atoms with Crippen molar-refractivity contribution in [1.29, 1.82) is 0 Å². The van der Waals surface area contributed by atoms with E-state index in [1.807, 2.05) is 0 Å². The van der Waals surface area contributed by atoms with Gasteiger partial charge in [0.25, 0.3) is 5.67 Å². The zero-order valence-corrected chi connectivity index (χ0v) is 9.42. The number of rotatable bonds is 4. The lowest BCUT2D eigenvalue weighted by Gasteiger charge is -2.38. The Kier molecular flexibility index (Phi) is 3.89. The van der Waals surface area contributed by atoms with Crippen LogP contribution in [0.15, 0.2) is 12.7 Å². The maximum atomic E-state index is 13.5. The van der Waals surface area contributed by atoms with E-state index in [4.69, 9.17) is 4.55 Å². The van der Waals surface area contributed by atoms with Gasteiger partial charge in [0, 0.05) is 0 Å². The second-order valence-corrected chi connectivity index (χ2v) is 4.87. The Morgan fingerprint density at radius 3 is 1.56 bits per heavy atom. The minimum Gasteiger partial charge on any atom is -0.281 e. The first-order chi connectivity index (χ1) is 7.56. The first kappa shape index (κ1) is 17.2. The quantitative estimate of drug-likeness (QED) is 0.493. The van der Waals surface area contributed by atoms with Crippen molar-refractivity contribution in [3.8, 4) is 0 Å². The van der Waals surface area contributed by atoms with Gasteiger partial charge in [0.15, 0.2) is 0 Å². The van der Waals surface area contributed by atoms with Gasteiger partial charge in [-0.25, -0.2) is 8.78 Å². The summed E-state index contributed by atoms with van der Waals surface area (Å²) < 4.78 is 118. The highest BCUT2D eigenvalue weighted by atomic mass is 32.2. The third-order valence-corrected chi connectivity index (χ3v) is 3.28. The van der Waals surface area contributed by atoms with Gasteiger partial charge in [0.05, 0.1) is 0 Å². The summed E-state index contributed by atoms with van der Waals surface area (Å²) in [4.78, 5) is 0. The largest absolute Gasteiger partial charge is 0.429 e. The van der Waals surface area contributed by atoms with E-state index in [0.717, 1.165) is 0 Å². The summed E-state index contributed by atoms with van der Waals surface area (Å²) in [5.74, 6) is 0. The highest BCUT2D eigenvalue weighted by molar-refractivity contribution is 7.87. The lowest BCUT2D eigenvalue weighted by molar-refractivity contribution is -0.276. The van der Waals surface area contributed by atoms with E-state index in [0.29, 0.717) is 0 Å². The highest BCUT2D eigenvalue weighted by Gasteiger charge is 2.78. The Hall–Kier alpha value is -0.840. The van der Waals surface area contributed by atoms with Crippen LogP contribution >= 0.6 is 0 Å². The number of allylic oxidation sites excluding steroid dienone is 1. The summed E-state index contributed by atoms with van der Waals surface area (Å²) >= 11 is 0. The highest BCUT2D eigenvalue weighted by Crippen LogP contribution is 2.53. The van der Waals surface area contributed by atoms with Crippen molar-refractivity contribution in [3.05, 3.63) is 12.7 Å². The van der Waals surface area contributed by atoms with Crippen molar-refractivity contribution < 1.29 is 43.7 Å². The Balaban J connectivity index is 6.17. The molecular formula is C7H7F7O3S. The Bertz CT molecular complexity index is 438. The minimum atomic E-state index is -6.61. The molecule has 0 rings (SSSR count). The molecule has 18 heavy (non-hydrogen) atoms. The van der Waals surface area contributed by atoms with Crippen LogP contribution < -0.4 is 0 Å². The van der Waals surface area contributed by atoms with E-state index in [1.54, 1.807) is 0 Å². The molecule has 0 fully saturated rings. The molecule has 0 aromatic heterocycles. The van der Waals surface area contributed by atoms with Gasteiger partial charge in [0.1, 0.15) is 0 Å². The molecule has 0 heterocycles. The maximum Gasteiger partial charge on any atom is 0.429 e. The number of alkyl halides is 7. The second kappa shape index (κ2) is 4.08. The van der Waals surface area contributed by atoms with Crippen LogP contribution in [-0.4, -0.2) is 35.7 Å². The summed E-state index contributed by atoms with van der Waals surface area (Å²) in [7, 11) is -6.61. The zero-order chi connectivity index (χ0) is 15.2. The summed E-state index contributed by atoms with van der Waals surface area (Å²) in [6.45, 7) is 1.57. The van der Waals surface area contributed by atoms with Crippen LogP contribution in [-0.2, 0) is 10.1 Å². The molecule has 0 saturated carbocycles. The van der Waals surface area contributed by atoms with Crippen LogP contribution in [0.2, 0.25) is 0 Å². The molecular weight excluding hydrogens is 297 g/mol. The third kappa shape index (κ3) is 2.09. The fourth-order valence-electron chi connectivity index (χ4n) is 1.03. The average Bonchev–Trinajstić information content (AvgIpc) is 2.12. The molecule has 0 radical (unpaired) electrons. The summed E-state index contributed by atoms with van der Waals surface area (Å²) in [6, 6.07) is 0. The van der Waals surface area contributed by atoms with Crippen LogP contribution in [0.4, 0.5) is 30.7 Å². The van der Waals surface area contributed by atoms with E-state index >= 15 is 0 Å². The molecule has 1 N–H and O–H groups in total. The molecule has 0 aliphatic rings. The third-order valence-electron chi connectivity index (χ3n) is 2.25. The van der Waals surface area contributed by atoms with Crippen LogP contribution in [0, 0.1) is 0 Å². The van der Waals surface area contributed by atoms with Gasteiger partial charge >= 0.3 is 21.5 Å². The molecule has 3 nitrogen and oxygen atoms in total. The lowest BCUT2D eigenvalue weighted by Crippen LogP contribution is -2.65. The van der Waals surface area contributed by atoms with E-state index in [2.05, 4.69) is 6.58 Å². The molecule has 0 bridgehead atoms. The van der Waals surface area contributed by atoms with Crippen molar-refractivity contribution in [1.82, 2.24) is 0 Å². The van der Waals surface area contributed by atoms with Crippen LogP contribution in [0.5, 0.6) is 0 Å². The Morgan fingerprint density at radius 1 is 1.06 bits per heavy atom. The van der Waals surface area contributed by atoms with E-state index < -0.39 is 45.9 Å². The predicted molar refractivity (Wildman–Crippen MR) is 46.1 cm³/mol. The average molecular weight is 304 g/mol. The topological polar surface area (TPSA) is 54.4 Å². The molecule has 11 heteroatoms. The fourth-order valence-corrected chi connectivity index (χ4v) is 1.66. The zero-order valence-electron chi connectivity index (χ0n) is 8.60. The number of halogens is 7. The molecule has 0 amide bonds. The van der Waals surface area contributed by atoms with Gasteiger partial charge in [0.2, 0.25) is 5.67 Å². The fraction of sp³-hybridized carbons (Fsp3) is 0.714. The van der Waals surface area contributed by atoms with Crippen molar-refractivity contribution in [2.45, 2.75) is 29.7 Å². The molecule has 0 aromatic rings. The van der Waals surface area contributed by atoms with Crippen molar-refractivity contribution in [3.63, 3.8) is 0 Å². The molecule has 0 aromatic carbocycles. The van der Waals surface area contributed by atoms with Crippen LogP contribution in [0.3, 0.4) is 0 Å². The van der Waals surface area contributed by atoms with E-state index in [1.165, 1.54) is 0 Å². The van der Waals surface area contributed by atoms with Gasteiger partial charge in [-0.15, -0.1) is 0 Å². The minimum absolute atomic E-state index is 0.643. The van der Waals surface area contributed by atoms with Gasteiger partial charge in [-0.2, -0.15) is 30.4 Å². The predicted octanol–water partition coefficient (Wildman–Crippen LogP) is 2.65. The van der Waals surface area contributed by atoms with Gasteiger partial charge in [-0.05, 0) is 13.0 Å².